The smallest absolute Gasteiger partial charge is 0.417 e. The van der Waals surface area contributed by atoms with Gasteiger partial charge in [-0.25, -0.2) is 27.7 Å². The summed E-state index contributed by atoms with van der Waals surface area (Å²) in [5, 5.41) is 7.31. The van der Waals surface area contributed by atoms with E-state index >= 15 is 0 Å². The van der Waals surface area contributed by atoms with Crippen molar-refractivity contribution in [3.8, 4) is 0 Å². The first-order valence-corrected chi connectivity index (χ1v) is 13.4. The maximum atomic E-state index is 13.7. The highest BCUT2D eigenvalue weighted by Crippen LogP contribution is 2.41. The van der Waals surface area contributed by atoms with Crippen LogP contribution < -0.4 is 10.0 Å². The van der Waals surface area contributed by atoms with Crippen LogP contribution in [-0.4, -0.2) is 66.1 Å². The van der Waals surface area contributed by atoms with E-state index in [2.05, 4.69) is 34.9 Å². The minimum atomic E-state index is -4.78. The third-order valence-electron chi connectivity index (χ3n) is 5.43. The molecule has 2 N–H and O–H groups in total. The van der Waals surface area contributed by atoms with Gasteiger partial charge in [0, 0.05) is 23.9 Å². The van der Waals surface area contributed by atoms with E-state index in [4.69, 9.17) is 0 Å². The van der Waals surface area contributed by atoms with Gasteiger partial charge < -0.3 is 15.6 Å². The molecule has 0 unspecified atom stereocenters. The molecule has 0 bridgehead atoms. The van der Waals surface area contributed by atoms with Crippen molar-refractivity contribution in [2.45, 2.75) is 37.4 Å². The molecule has 1 aliphatic carbocycles. The van der Waals surface area contributed by atoms with Crippen molar-refractivity contribution in [3.05, 3.63) is 65.6 Å². The Morgan fingerprint density at radius 2 is 1.76 bits per heavy atom. The highest BCUT2D eigenvalue weighted by molar-refractivity contribution is 7.89. The Morgan fingerprint density at radius 1 is 1.08 bits per heavy atom. The molecule has 0 atom stereocenters. The molecule has 9 nitrogen and oxygen atoms in total. The molecule has 2 aliphatic rings. The Labute approximate surface area is 219 Å². The Hall–Kier alpha value is -3.42. The second-order valence-corrected chi connectivity index (χ2v) is 11.4. The molecule has 0 saturated carbocycles. The molecular weight excluding hydrogens is 519 g/mol. The average molecular weight is 548 g/mol. The monoisotopic (exact) mass is 547 g/mol. The largest absolute Gasteiger partial charge is 0.436 e. The summed E-state index contributed by atoms with van der Waals surface area (Å²) >= 11 is 0. The highest BCUT2D eigenvalue weighted by Gasteiger charge is 2.32. The van der Waals surface area contributed by atoms with E-state index in [1.54, 1.807) is 32.9 Å². The van der Waals surface area contributed by atoms with Crippen molar-refractivity contribution in [1.82, 2.24) is 20.0 Å². The third-order valence-corrected chi connectivity index (χ3v) is 7.18. The predicted molar refractivity (Wildman–Crippen MR) is 139 cm³/mol. The number of nitrogens with one attached hydrogen (secondary N) is 2. The fourth-order valence-electron chi connectivity index (χ4n) is 3.78. The number of alkyl halides is 3. The highest BCUT2D eigenvalue weighted by atomic mass is 32.2. The summed E-state index contributed by atoms with van der Waals surface area (Å²) in [4.78, 5) is 11.8. The molecule has 1 aliphatic heterocycles. The van der Waals surface area contributed by atoms with Gasteiger partial charge in [0.1, 0.15) is 5.95 Å². The molecule has 1 fully saturated rings. The number of halogens is 3. The van der Waals surface area contributed by atoms with Crippen LogP contribution >= 0.6 is 0 Å². The molecule has 1 saturated heterocycles. The SMILES string of the molecule is CC(C)(C)NS(=O)(=O)c1cccc([N-]c2nc(N=C3C=CC(=[N+]4CCNCC4)C=C3)ncc2C(F)(F)F)c1. The zero-order valence-corrected chi connectivity index (χ0v) is 21.9. The van der Waals surface area contributed by atoms with Gasteiger partial charge in [0.2, 0.25) is 10.0 Å². The summed E-state index contributed by atoms with van der Waals surface area (Å²) in [7, 11) is -3.92. The van der Waals surface area contributed by atoms with Crippen molar-refractivity contribution in [3.63, 3.8) is 0 Å². The number of rotatable bonds is 5. The number of piperazine rings is 1. The van der Waals surface area contributed by atoms with Crippen molar-refractivity contribution in [1.29, 1.82) is 0 Å². The molecular formula is C25H28F3N7O2S. The summed E-state index contributed by atoms with van der Waals surface area (Å²) in [5.41, 5.74) is -0.438. The molecule has 1 aromatic carbocycles. The quantitative estimate of drug-likeness (QED) is 0.431. The Balaban J connectivity index is 1.62. The van der Waals surface area contributed by atoms with Crippen LogP contribution in [-0.2, 0) is 16.2 Å². The van der Waals surface area contributed by atoms with E-state index in [0.29, 0.717) is 11.9 Å². The van der Waals surface area contributed by atoms with E-state index < -0.39 is 33.1 Å². The van der Waals surface area contributed by atoms with Gasteiger partial charge in [-0.15, -0.1) is 0 Å². The number of nitrogens with zero attached hydrogens (tertiary/aromatic N) is 5. The van der Waals surface area contributed by atoms with E-state index in [-0.39, 0.29) is 16.5 Å². The van der Waals surface area contributed by atoms with Gasteiger partial charge in [0.25, 0.3) is 0 Å². The summed E-state index contributed by atoms with van der Waals surface area (Å²) in [6.07, 6.45) is 3.10. The number of aliphatic imine (C=N–C) groups is 1. The van der Waals surface area contributed by atoms with Gasteiger partial charge in [0.15, 0.2) is 18.8 Å². The summed E-state index contributed by atoms with van der Waals surface area (Å²) in [5.74, 6) is -0.869. The first-order valence-electron chi connectivity index (χ1n) is 11.9. The number of hydrogen-bond acceptors (Lipinski definition) is 6. The maximum Gasteiger partial charge on any atom is 0.417 e. The Bertz CT molecular complexity index is 1410. The molecule has 202 valence electrons. The first-order chi connectivity index (χ1) is 17.8. The van der Waals surface area contributed by atoms with Gasteiger partial charge in [-0.1, -0.05) is 12.1 Å². The number of sulfonamides is 1. The van der Waals surface area contributed by atoms with Gasteiger partial charge >= 0.3 is 6.18 Å². The minimum absolute atomic E-state index is 0.0164. The maximum absolute atomic E-state index is 13.7. The first kappa shape index (κ1) is 27.6. The Kier molecular flexibility index (Phi) is 7.81. The molecule has 0 radical (unpaired) electrons. The summed E-state index contributed by atoms with van der Waals surface area (Å²) < 4.78 is 71.2. The van der Waals surface area contributed by atoms with E-state index in [1.807, 2.05) is 12.2 Å². The summed E-state index contributed by atoms with van der Waals surface area (Å²) in [6.45, 7) is 8.56. The molecule has 0 amide bonds. The lowest BCUT2D eigenvalue weighted by Gasteiger charge is -2.23. The molecule has 2 heterocycles. The van der Waals surface area contributed by atoms with Crippen LogP contribution in [0.5, 0.6) is 0 Å². The van der Waals surface area contributed by atoms with E-state index in [9.17, 15) is 21.6 Å². The topological polar surface area (TPSA) is 113 Å². The third kappa shape index (κ3) is 7.11. The van der Waals surface area contributed by atoms with E-state index in [1.165, 1.54) is 24.3 Å². The zero-order valence-electron chi connectivity index (χ0n) is 21.1. The van der Waals surface area contributed by atoms with Crippen LogP contribution in [0, 0.1) is 0 Å². The lowest BCUT2D eigenvalue weighted by Crippen LogP contribution is -2.40. The second-order valence-electron chi connectivity index (χ2n) is 9.73. The van der Waals surface area contributed by atoms with Gasteiger partial charge in [-0.3, -0.25) is 0 Å². The number of hydrogen-bond donors (Lipinski definition) is 2. The lowest BCUT2D eigenvalue weighted by molar-refractivity contribution is -0.530. The fourth-order valence-corrected chi connectivity index (χ4v) is 5.24. The normalized spacial score (nSPS) is 16.6. The van der Waals surface area contributed by atoms with Crippen molar-refractivity contribution >= 4 is 38.9 Å². The average Bonchev–Trinajstić information content (AvgIpc) is 2.83. The molecule has 2 aromatic rings. The van der Waals surface area contributed by atoms with Crippen molar-refractivity contribution in [2.75, 3.05) is 26.2 Å². The van der Waals surface area contributed by atoms with Crippen LogP contribution in [0.25, 0.3) is 5.32 Å². The molecule has 1 aromatic heterocycles. The van der Waals surface area contributed by atoms with Gasteiger partial charge in [-0.05, 0) is 56.6 Å². The minimum Gasteiger partial charge on any atom is -0.436 e. The molecule has 4 rings (SSSR count). The fraction of sp³-hybridized carbons (Fsp3) is 0.360. The summed E-state index contributed by atoms with van der Waals surface area (Å²) in [6, 6.07) is 5.31. The standard InChI is InChI=1S/C25H28F3N7O2S/c1-24(2,3)34-38(36,37)20-6-4-5-18(15-20)31-22-21(25(26,27)28)16-30-23(33-22)32-17-7-9-19(10-8-17)35-13-11-29-12-14-35/h4-10,15-16,29,34H,11-14H2,1-3H3. The second kappa shape index (κ2) is 10.8. The molecule has 38 heavy (non-hydrogen) atoms. The van der Waals surface area contributed by atoms with Gasteiger partial charge in [0.05, 0.1) is 29.3 Å². The van der Waals surface area contributed by atoms with Crippen molar-refractivity contribution in [2.24, 2.45) is 4.99 Å². The van der Waals surface area contributed by atoms with Crippen LogP contribution in [0.2, 0.25) is 0 Å². The van der Waals surface area contributed by atoms with Crippen LogP contribution in [0.1, 0.15) is 26.3 Å². The van der Waals surface area contributed by atoms with E-state index in [0.717, 1.165) is 31.9 Å². The van der Waals surface area contributed by atoms with Gasteiger partial charge in [-0.2, -0.15) is 13.2 Å². The zero-order chi connectivity index (χ0) is 27.6. The molecule has 0 spiro atoms. The van der Waals surface area contributed by atoms with Crippen LogP contribution in [0.3, 0.4) is 0 Å². The number of benzene rings is 1. The molecule has 13 heteroatoms. The lowest BCUT2D eigenvalue weighted by atomic mass is 10.1. The van der Waals surface area contributed by atoms with Crippen LogP contribution in [0.4, 0.5) is 30.6 Å². The number of aromatic nitrogens is 2. The Morgan fingerprint density at radius 3 is 2.39 bits per heavy atom. The number of allylic oxidation sites excluding steroid dienone is 4. The predicted octanol–water partition coefficient (Wildman–Crippen LogP) is 4.16. The van der Waals surface area contributed by atoms with Crippen LogP contribution in [0.15, 0.2) is 64.7 Å². The van der Waals surface area contributed by atoms with Crippen molar-refractivity contribution < 1.29 is 26.2 Å².